The first-order valence-corrected chi connectivity index (χ1v) is 8.97. The number of amides is 1. The summed E-state index contributed by atoms with van der Waals surface area (Å²) in [5.74, 6) is 1.51. The van der Waals surface area contributed by atoms with Gasteiger partial charge in [-0.3, -0.25) is 4.79 Å². The maximum atomic E-state index is 11.9. The van der Waals surface area contributed by atoms with Gasteiger partial charge in [-0.1, -0.05) is 48.5 Å². The number of carbonyl (C=O) groups excluding carboxylic acids is 1. The van der Waals surface area contributed by atoms with Crippen molar-refractivity contribution in [2.24, 2.45) is 4.99 Å². The van der Waals surface area contributed by atoms with Crippen LogP contribution in [0.2, 0.25) is 0 Å². The summed E-state index contributed by atoms with van der Waals surface area (Å²) in [5.41, 5.74) is 1.12. The second kappa shape index (κ2) is 13.0. The largest absolute Gasteiger partial charge is 0.492 e. The van der Waals surface area contributed by atoms with Gasteiger partial charge in [0, 0.05) is 21.1 Å². The highest BCUT2D eigenvalue weighted by atomic mass is 127. The third kappa shape index (κ3) is 8.60. The second-order valence-electron chi connectivity index (χ2n) is 6.35. The van der Waals surface area contributed by atoms with E-state index in [9.17, 15) is 4.79 Å². The topological polar surface area (TPSA) is 57.2 Å². The highest BCUT2D eigenvalue weighted by molar-refractivity contribution is 14.0. The number of carbonyl (C=O) groups is 1. The third-order valence-corrected chi connectivity index (χ3v) is 3.95. The Morgan fingerprint density at radius 1 is 1.00 bits per heavy atom. The molecule has 0 aliphatic carbocycles. The number of benzene rings is 2. The Kier molecular flexibility index (Phi) is 11.0. The number of hydrogen-bond donors (Lipinski definition) is 1. The van der Waals surface area contributed by atoms with Gasteiger partial charge >= 0.3 is 0 Å². The minimum atomic E-state index is -0.00338. The number of ether oxygens (including phenoxy) is 1. The maximum absolute atomic E-state index is 11.9. The molecule has 2 rings (SSSR count). The summed E-state index contributed by atoms with van der Waals surface area (Å²) in [4.78, 5) is 20.1. The number of hydrogen-bond acceptors (Lipinski definition) is 3. The Balaban J connectivity index is 0.00000392. The van der Waals surface area contributed by atoms with Crippen LogP contribution >= 0.6 is 24.0 Å². The van der Waals surface area contributed by atoms with E-state index in [2.05, 4.69) is 10.3 Å². The van der Waals surface area contributed by atoms with Crippen LogP contribution in [0.25, 0.3) is 0 Å². The fourth-order valence-electron chi connectivity index (χ4n) is 2.30. The Morgan fingerprint density at radius 2 is 1.61 bits per heavy atom. The molecule has 0 spiro atoms. The van der Waals surface area contributed by atoms with Gasteiger partial charge in [-0.15, -0.1) is 24.0 Å². The van der Waals surface area contributed by atoms with Crippen molar-refractivity contribution >= 4 is 35.8 Å². The van der Waals surface area contributed by atoms with Crippen molar-refractivity contribution in [1.82, 2.24) is 15.1 Å². The fraction of sp³-hybridized carbons (Fsp3) is 0.333. The van der Waals surface area contributed by atoms with Crippen LogP contribution in [-0.2, 0) is 11.3 Å². The Hall–Kier alpha value is -2.29. The van der Waals surface area contributed by atoms with Crippen LogP contribution in [0.1, 0.15) is 5.56 Å². The van der Waals surface area contributed by atoms with Crippen molar-refractivity contribution in [2.75, 3.05) is 40.8 Å². The van der Waals surface area contributed by atoms with Crippen molar-refractivity contribution in [3.8, 4) is 5.75 Å². The molecule has 0 saturated carbocycles. The number of likely N-dealkylation sites (N-methyl/N-ethyl adjacent to an activating group) is 2. The Morgan fingerprint density at radius 3 is 2.21 bits per heavy atom. The number of nitrogens with one attached hydrogen (secondary N) is 1. The SMILES string of the molecule is CN(C)C(=O)CNC(=NCc1ccccc1)N(C)CCOc1ccccc1.I. The molecular weight excluding hydrogens is 467 g/mol. The molecule has 7 heteroatoms. The van der Waals surface area contributed by atoms with E-state index in [0.717, 1.165) is 11.3 Å². The molecule has 0 heterocycles. The van der Waals surface area contributed by atoms with Crippen molar-refractivity contribution in [1.29, 1.82) is 0 Å². The average molecular weight is 496 g/mol. The molecule has 0 saturated heterocycles. The van der Waals surface area contributed by atoms with E-state index in [1.807, 2.05) is 72.6 Å². The lowest BCUT2D eigenvalue weighted by Crippen LogP contribution is -2.45. The van der Waals surface area contributed by atoms with Crippen LogP contribution in [0, 0.1) is 0 Å². The molecule has 0 bridgehead atoms. The van der Waals surface area contributed by atoms with E-state index in [4.69, 9.17) is 4.74 Å². The summed E-state index contributed by atoms with van der Waals surface area (Å²) < 4.78 is 5.75. The lowest BCUT2D eigenvalue weighted by atomic mass is 10.2. The number of nitrogens with zero attached hydrogens (tertiary/aromatic N) is 3. The van der Waals surface area contributed by atoms with E-state index in [1.165, 1.54) is 0 Å². The van der Waals surface area contributed by atoms with Crippen LogP contribution in [0.4, 0.5) is 0 Å². The molecule has 1 amide bonds. The molecule has 1 N–H and O–H groups in total. The highest BCUT2D eigenvalue weighted by Gasteiger charge is 2.10. The lowest BCUT2D eigenvalue weighted by Gasteiger charge is -2.23. The summed E-state index contributed by atoms with van der Waals surface area (Å²) >= 11 is 0. The van der Waals surface area contributed by atoms with Crippen molar-refractivity contribution in [3.63, 3.8) is 0 Å². The van der Waals surface area contributed by atoms with Gasteiger partial charge in [0.05, 0.1) is 19.6 Å². The molecule has 2 aromatic rings. The highest BCUT2D eigenvalue weighted by Crippen LogP contribution is 2.08. The molecule has 0 aliphatic rings. The summed E-state index contributed by atoms with van der Waals surface area (Å²) in [6, 6.07) is 19.7. The lowest BCUT2D eigenvalue weighted by molar-refractivity contribution is -0.127. The molecule has 0 radical (unpaired) electrons. The predicted molar refractivity (Wildman–Crippen MR) is 124 cm³/mol. The van der Waals surface area contributed by atoms with Crippen LogP contribution in [0.15, 0.2) is 65.7 Å². The van der Waals surface area contributed by atoms with Gasteiger partial charge in [0.15, 0.2) is 5.96 Å². The first-order chi connectivity index (χ1) is 13.1. The zero-order chi connectivity index (χ0) is 19.5. The summed E-state index contributed by atoms with van der Waals surface area (Å²) in [6.07, 6.45) is 0. The number of aliphatic imine (C=N–C) groups is 1. The standard InChI is InChI=1S/C21H28N4O2.HI/c1-24(2)20(26)17-23-21(22-16-18-10-6-4-7-11-18)25(3)14-15-27-19-12-8-5-9-13-19;/h4-13H,14-17H2,1-3H3,(H,22,23);1H. The molecular formula is C21H29IN4O2. The van der Waals surface area contributed by atoms with E-state index in [-0.39, 0.29) is 36.4 Å². The molecule has 0 fully saturated rings. The summed E-state index contributed by atoms with van der Waals surface area (Å²) in [7, 11) is 5.41. The molecule has 0 aromatic heterocycles. The van der Waals surface area contributed by atoms with Gasteiger partial charge in [-0.25, -0.2) is 4.99 Å². The molecule has 2 aromatic carbocycles. The Bertz CT molecular complexity index is 724. The second-order valence-corrected chi connectivity index (χ2v) is 6.35. The van der Waals surface area contributed by atoms with Crippen LogP contribution in [-0.4, -0.2) is 62.5 Å². The van der Waals surface area contributed by atoms with Gasteiger partial charge < -0.3 is 19.9 Å². The van der Waals surface area contributed by atoms with E-state index < -0.39 is 0 Å². The average Bonchev–Trinajstić information content (AvgIpc) is 2.69. The quantitative estimate of drug-likeness (QED) is 0.347. The molecule has 6 nitrogen and oxygen atoms in total. The van der Waals surface area contributed by atoms with Gasteiger partial charge in [0.2, 0.25) is 5.91 Å². The van der Waals surface area contributed by atoms with E-state index >= 15 is 0 Å². The van der Waals surface area contributed by atoms with Crippen molar-refractivity contribution in [3.05, 3.63) is 66.2 Å². The number of guanidine groups is 1. The first-order valence-electron chi connectivity index (χ1n) is 8.97. The summed E-state index contributed by atoms with van der Waals surface area (Å²) in [6.45, 7) is 1.91. The minimum Gasteiger partial charge on any atom is -0.492 e. The monoisotopic (exact) mass is 496 g/mol. The van der Waals surface area contributed by atoms with Crippen LogP contribution in [0.3, 0.4) is 0 Å². The predicted octanol–water partition coefficient (Wildman–Crippen LogP) is 2.85. The van der Waals surface area contributed by atoms with Crippen LogP contribution in [0.5, 0.6) is 5.75 Å². The number of para-hydroxylation sites is 1. The third-order valence-electron chi connectivity index (χ3n) is 3.95. The smallest absolute Gasteiger partial charge is 0.241 e. The van der Waals surface area contributed by atoms with Crippen LogP contribution < -0.4 is 10.1 Å². The fourth-order valence-corrected chi connectivity index (χ4v) is 2.30. The zero-order valence-electron chi connectivity index (χ0n) is 16.7. The van der Waals surface area contributed by atoms with E-state index in [0.29, 0.717) is 25.7 Å². The number of halogens is 1. The maximum Gasteiger partial charge on any atom is 0.241 e. The molecule has 28 heavy (non-hydrogen) atoms. The number of rotatable bonds is 8. The van der Waals surface area contributed by atoms with Gasteiger partial charge in [0.1, 0.15) is 12.4 Å². The van der Waals surface area contributed by atoms with Crippen molar-refractivity contribution in [2.45, 2.75) is 6.54 Å². The van der Waals surface area contributed by atoms with Gasteiger partial charge in [-0.2, -0.15) is 0 Å². The first kappa shape index (κ1) is 23.7. The van der Waals surface area contributed by atoms with Gasteiger partial charge in [-0.05, 0) is 17.7 Å². The van der Waals surface area contributed by atoms with Gasteiger partial charge in [0.25, 0.3) is 0 Å². The van der Waals surface area contributed by atoms with E-state index in [1.54, 1.807) is 19.0 Å². The van der Waals surface area contributed by atoms with Crippen molar-refractivity contribution < 1.29 is 9.53 Å². The molecule has 152 valence electrons. The molecule has 0 atom stereocenters. The zero-order valence-corrected chi connectivity index (χ0v) is 19.0. The minimum absolute atomic E-state index is 0. The molecule has 0 aliphatic heterocycles. The Labute approximate surface area is 184 Å². The normalized spacial score (nSPS) is 10.6. The summed E-state index contributed by atoms with van der Waals surface area (Å²) in [5, 5.41) is 3.15. The molecule has 0 unspecified atom stereocenters.